The molecule has 1 unspecified atom stereocenters. The summed E-state index contributed by atoms with van der Waals surface area (Å²) < 4.78 is 26.9. The predicted molar refractivity (Wildman–Crippen MR) is 85.8 cm³/mol. The number of sulfonamides is 1. The second kappa shape index (κ2) is 6.69. The summed E-state index contributed by atoms with van der Waals surface area (Å²) in [7, 11) is -0.899. The minimum Gasteiger partial charge on any atom is -0.389 e. The van der Waals surface area contributed by atoms with Gasteiger partial charge in [0.1, 0.15) is 9.88 Å². The summed E-state index contributed by atoms with van der Waals surface area (Å²) in [6.07, 6.45) is 0. The van der Waals surface area contributed by atoms with E-state index in [2.05, 4.69) is 4.72 Å². The van der Waals surface area contributed by atoms with Gasteiger partial charge in [0.2, 0.25) is 15.9 Å². The van der Waals surface area contributed by atoms with E-state index in [-0.39, 0.29) is 20.8 Å². The molecule has 1 aromatic carbocycles. The maximum atomic E-state index is 12.3. The Hall–Kier alpha value is -1.22. The molecular formula is C12H16ClN3O3S2. The number of hydrogen-bond acceptors (Lipinski definition) is 4. The number of nitrogens with two attached hydrogens (primary N) is 1. The monoisotopic (exact) mass is 349 g/mol. The Bertz CT molecular complexity index is 674. The predicted octanol–water partition coefficient (Wildman–Crippen LogP) is 0.729. The first-order valence-corrected chi connectivity index (χ1v) is 8.16. The number of carbonyl (C=O) groups is 1. The Morgan fingerprint density at radius 1 is 1.43 bits per heavy atom. The van der Waals surface area contributed by atoms with Crippen molar-refractivity contribution in [3.8, 4) is 0 Å². The minimum atomic E-state index is -3.97. The van der Waals surface area contributed by atoms with E-state index in [1.807, 2.05) is 0 Å². The Kier molecular flexibility index (Phi) is 5.68. The van der Waals surface area contributed by atoms with Gasteiger partial charge in [0, 0.05) is 19.7 Å². The van der Waals surface area contributed by atoms with E-state index >= 15 is 0 Å². The van der Waals surface area contributed by atoms with Crippen LogP contribution in [0.15, 0.2) is 23.1 Å². The summed E-state index contributed by atoms with van der Waals surface area (Å²) >= 11 is 10.7. The van der Waals surface area contributed by atoms with E-state index in [9.17, 15) is 13.2 Å². The van der Waals surface area contributed by atoms with Crippen molar-refractivity contribution in [2.45, 2.75) is 17.9 Å². The number of benzene rings is 1. The molecule has 1 amide bonds. The molecule has 21 heavy (non-hydrogen) atoms. The number of nitrogens with zero attached hydrogens (tertiary/aromatic N) is 1. The lowest BCUT2D eigenvalue weighted by Crippen LogP contribution is -2.44. The van der Waals surface area contributed by atoms with E-state index in [0.29, 0.717) is 5.56 Å². The smallest absolute Gasteiger partial charge is 0.242 e. The van der Waals surface area contributed by atoms with Crippen molar-refractivity contribution >= 4 is 44.7 Å². The molecule has 1 rings (SSSR count). The zero-order valence-corrected chi connectivity index (χ0v) is 14.1. The van der Waals surface area contributed by atoms with E-state index in [1.165, 1.54) is 44.1 Å². The third-order valence-corrected chi connectivity index (χ3v) is 4.91. The van der Waals surface area contributed by atoms with Crippen molar-refractivity contribution in [3.05, 3.63) is 28.8 Å². The number of halogens is 1. The van der Waals surface area contributed by atoms with Crippen LogP contribution in [0.1, 0.15) is 12.5 Å². The molecule has 0 aliphatic heterocycles. The molecule has 0 heterocycles. The summed E-state index contributed by atoms with van der Waals surface area (Å²) in [6, 6.07) is 3.27. The largest absolute Gasteiger partial charge is 0.389 e. The molecule has 0 bridgehead atoms. The molecule has 0 radical (unpaired) electrons. The second-order valence-electron chi connectivity index (χ2n) is 4.59. The molecule has 1 atom stereocenters. The number of hydrogen-bond donors (Lipinski definition) is 2. The Balaban J connectivity index is 3.17. The molecule has 0 saturated carbocycles. The maximum absolute atomic E-state index is 12.3. The first-order valence-electron chi connectivity index (χ1n) is 5.89. The molecule has 0 fully saturated rings. The molecule has 3 N–H and O–H groups in total. The van der Waals surface area contributed by atoms with E-state index in [1.54, 1.807) is 0 Å². The Morgan fingerprint density at radius 3 is 2.48 bits per heavy atom. The van der Waals surface area contributed by atoms with Crippen LogP contribution in [0.3, 0.4) is 0 Å². The maximum Gasteiger partial charge on any atom is 0.242 e. The van der Waals surface area contributed by atoms with E-state index in [0.717, 1.165) is 0 Å². The fraction of sp³-hybridized carbons (Fsp3) is 0.333. The van der Waals surface area contributed by atoms with Gasteiger partial charge in [-0.3, -0.25) is 4.79 Å². The van der Waals surface area contributed by atoms with Crippen molar-refractivity contribution in [3.63, 3.8) is 0 Å². The number of amides is 1. The normalized spacial score (nSPS) is 12.8. The summed E-state index contributed by atoms with van der Waals surface area (Å²) in [5.74, 6) is -0.375. The average Bonchev–Trinajstić information content (AvgIpc) is 2.36. The van der Waals surface area contributed by atoms with Gasteiger partial charge in [-0.15, -0.1) is 0 Å². The third-order valence-electron chi connectivity index (χ3n) is 2.65. The highest BCUT2D eigenvalue weighted by Crippen LogP contribution is 2.23. The van der Waals surface area contributed by atoms with Crippen molar-refractivity contribution in [2.24, 2.45) is 5.73 Å². The van der Waals surface area contributed by atoms with Gasteiger partial charge in [-0.2, -0.15) is 4.72 Å². The summed E-state index contributed by atoms with van der Waals surface area (Å²) in [5.41, 5.74) is 5.85. The molecule has 1 aromatic rings. The zero-order valence-electron chi connectivity index (χ0n) is 11.8. The van der Waals surface area contributed by atoms with Crippen LogP contribution in [0.25, 0.3) is 0 Å². The van der Waals surface area contributed by atoms with E-state index in [4.69, 9.17) is 29.6 Å². The standard InChI is InChI=1S/C12H16ClN3O3S2/c1-7(12(17)16(2)3)15-21(18,19)10-6-8(11(14)20)4-5-9(10)13/h4-7,15H,1-3H3,(H2,14,20). The molecular weight excluding hydrogens is 334 g/mol. The number of likely N-dealkylation sites (N-methyl/N-ethyl adjacent to an activating group) is 1. The summed E-state index contributed by atoms with van der Waals surface area (Å²) in [4.78, 5) is 12.9. The van der Waals surface area contributed by atoms with Crippen molar-refractivity contribution in [1.29, 1.82) is 0 Å². The second-order valence-corrected chi connectivity index (χ2v) is 7.11. The SMILES string of the molecule is CC(NS(=O)(=O)c1cc(C(N)=S)ccc1Cl)C(=O)N(C)C. The minimum absolute atomic E-state index is 0.0204. The van der Waals surface area contributed by atoms with Gasteiger partial charge in [0.05, 0.1) is 11.1 Å². The summed E-state index contributed by atoms with van der Waals surface area (Å²) in [6.45, 7) is 1.45. The van der Waals surface area contributed by atoms with Gasteiger partial charge in [0.15, 0.2) is 0 Å². The average molecular weight is 350 g/mol. The molecule has 0 spiro atoms. The molecule has 0 aromatic heterocycles. The highest BCUT2D eigenvalue weighted by molar-refractivity contribution is 7.89. The van der Waals surface area contributed by atoms with Crippen molar-refractivity contribution in [1.82, 2.24) is 9.62 Å². The van der Waals surface area contributed by atoms with Crippen LogP contribution in [0.2, 0.25) is 5.02 Å². The number of carbonyl (C=O) groups excluding carboxylic acids is 1. The lowest BCUT2D eigenvalue weighted by molar-refractivity contribution is -0.130. The molecule has 0 saturated heterocycles. The van der Waals surface area contributed by atoms with Gasteiger partial charge in [-0.25, -0.2) is 8.42 Å². The van der Waals surface area contributed by atoms with Gasteiger partial charge in [-0.1, -0.05) is 29.9 Å². The zero-order chi connectivity index (χ0) is 16.4. The molecule has 116 valence electrons. The van der Waals surface area contributed by atoms with Crippen LogP contribution in [0.4, 0.5) is 0 Å². The fourth-order valence-electron chi connectivity index (χ4n) is 1.60. The number of rotatable bonds is 5. The van der Waals surface area contributed by atoms with Crippen LogP contribution in [0.5, 0.6) is 0 Å². The first-order chi connectivity index (χ1) is 9.56. The van der Waals surface area contributed by atoms with Crippen molar-refractivity contribution < 1.29 is 13.2 Å². The Labute approximate surface area is 134 Å². The topological polar surface area (TPSA) is 92.5 Å². The van der Waals surface area contributed by atoms with Crippen LogP contribution >= 0.6 is 23.8 Å². The summed E-state index contributed by atoms with van der Waals surface area (Å²) in [5, 5.41) is 0.0204. The van der Waals surface area contributed by atoms with Crippen LogP contribution in [-0.2, 0) is 14.8 Å². The van der Waals surface area contributed by atoms with Gasteiger partial charge >= 0.3 is 0 Å². The quantitative estimate of drug-likeness (QED) is 0.764. The molecule has 0 aliphatic rings. The van der Waals surface area contributed by atoms with Gasteiger partial charge in [0.25, 0.3) is 0 Å². The van der Waals surface area contributed by atoms with Crippen molar-refractivity contribution in [2.75, 3.05) is 14.1 Å². The highest BCUT2D eigenvalue weighted by Gasteiger charge is 2.25. The van der Waals surface area contributed by atoms with Gasteiger partial charge in [-0.05, 0) is 19.1 Å². The third kappa shape index (κ3) is 4.37. The van der Waals surface area contributed by atoms with E-state index < -0.39 is 16.1 Å². The number of thiocarbonyl (C=S) groups is 1. The molecule has 0 aliphatic carbocycles. The Morgan fingerprint density at radius 2 is 2.00 bits per heavy atom. The van der Waals surface area contributed by atoms with Crippen LogP contribution in [0, 0.1) is 0 Å². The first kappa shape index (κ1) is 17.8. The fourth-order valence-corrected chi connectivity index (χ4v) is 3.45. The van der Waals surface area contributed by atoms with Crippen LogP contribution < -0.4 is 10.5 Å². The lowest BCUT2D eigenvalue weighted by Gasteiger charge is -2.18. The number of nitrogens with one attached hydrogen (secondary N) is 1. The van der Waals surface area contributed by atoms with Crippen LogP contribution in [-0.4, -0.2) is 44.4 Å². The highest BCUT2D eigenvalue weighted by atomic mass is 35.5. The molecule has 6 nitrogen and oxygen atoms in total. The lowest BCUT2D eigenvalue weighted by atomic mass is 10.2. The molecule has 9 heteroatoms. The van der Waals surface area contributed by atoms with Gasteiger partial charge < -0.3 is 10.6 Å².